The van der Waals surface area contributed by atoms with E-state index in [1.807, 2.05) is 4.57 Å². The summed E-state index contributed by atoms with van der Waals surface area (Å²) in [4.78, 5) is 12.6. The molecular weight excluding hydrogens is 290 g/mol. The van der Waals surface area contributed by atoms with Gasteiger partial charge in [0, 0.05) is 6.54 Å². The number of hydrogen-bond acceptors (Lipinski definition) is 5. The Hall–Kier alpha value is -1.69. The van der Waals surface area contributed by atoms with Crippen LogP contribution < -0.4 is 5.73 Å². The number of nitrogens with two attached hydrogens (primary N) is 1. The van der Waals surface area contributed by atoms with Gasteiger partial charge in [-0.1, -0.05) is 0 Å². The van der Waals surface area contributed by atoms with E-state index >= 15 is 0 Å². The minimum absolute atomic E-state index is 0.166. The van der Waals surface area contributed by atoms with Crippen molar-refractivity contribution in [3.05, 3.63) is 12.7 Å². The highest BCUT2D eigenvalue weighted by Crippen LogP contribution is 2.57. The van der Waals surface area contributed by atoms with Crippen LogP contribution in [0, 0.1) is 17.8 Å². The summed E-state index contributed by atoms with van der Waals surface area (Å²) in [6, 6.07) is 0. The Bertz CT molecular complexity index is 704. The van der Waals surface area contributed by atoms with Crippen molar-refractivity contribution < 1.29 is 4.74 Å². The summed E-state index contributed by atoms with van der Waals surface area (Å²) in [6.07, 6.45) is 11.5. The number of aromatic nitrogens is 4. The molecule has 4 aliphatic carbocycles. The largest absolute Gasteiger partial charge is 0.382 e. The van der Waals surface area contributed by atoms with E-state index in [2.05, 4.69) is 15.0 Å². The monoisotopic (exact) mass is 313 g/mol. The lowest BCUT2D eigenvalue weighted by atomic mass is 9.54. The fourth-order valence-corrected chi connectivity index (χ4v) is 5.63. The molecule has 0 aliphatic heterocycles. The van der Waals surface area contributed by atoms with E-state index in [1.165, 1.54) is 44.9 Å². The molecule has 2 aromatic rings. The van der Waals surface area contributed by atoms with E-state index < -0.39 is 0 Å². The van der Waals surface area contributed by atoms with Crippen LogP contribution in [0.15, 0.2) is 12.7 Å². The van der Waals surface area contributed by atoms with Gasteiger partial charge in [-0.05, 0) is 56.3 Å². The van der Waals surface area contributed by atoms with Crippen LogP contribution in [0.5, 0.6) is 0 Å². The molecule has 4 saturated carbocycles. The van der Waals surface area contributed by atoms with Crippen molar-refractivity contribution in [2.75, 3.05) is 12.3 Å². The molecule has 4 bridgehead atoms. The first kappa shape index (κ1) is 13.7. The second kappa shape index (κ2) is 4.90. The second-order valence-electron chi connectivity index (χ2n) is 7.82. The molecule has 0 unspecified atom stereocenters. The summed E-state index contributed by atoms with van der Waals surface area (Å²) < 4.78 is 8.49. The number of nitrogen functional groups attached to an aromatic ring is 1. The van der Waals surface area contributed by atoms with Crippen molar-refractivity contribution in [3.8, 4) is 0 Å². The third-order valence-electron chi connectivity index (χ3n) is 6.15. The number of rotatable bonds is 4. The zero-order valence-corrected chi connectivity index (χ0v) is 13.3. The number of nitrogens with zero attached hydrogens (tertiary/aromatic N) is 4. The molecule has 0 atom stereocenters. The minimum atomic E-state index is 0.166. The number of fused-ring (bicyclic) bond motifs is 1. The summed E-state index contributed by atoms with van der Waals surface area (Å²) in [5.74, 6) is 3.20. The normalized spacial score (nSPS) is 35.2. The Morgan fingerprint density at radius 2 is 1.78 bits per heavy atom. The van der Waals surface area contributed by atoms with Gasteiger partial charge in [0.1, 0.15) is 11.8 Å². The SMILES string of the molecule is Nc1ncnc2c1ncn2CCOC12CC3CC(CC(C3)C1)C2. The first-order valence-electron chi connectivity index (χ1n) is 8.76. The number of hydrogen-bond donors (Lipinski definition) is 1. The molecule has 122 valence electrons. The molecule has 2 heterocycles. The molecule has 0 saturated heterocycles. The average molecular weight is 313 g/mol. The van der Waals surface area contributed by atoms with Crippen molar-refractivity contribution in [2.24, 2.45) is 17.8 Å². The molecular formula is C17H23N5O. The quantitative estimate of drug-likeness (QED) is 0.937. The topological polar surface area (TPSA) is 78.9 Å². The van der Waals surface area contributed by atoms with Gasteiger partial charge in [0.15, 0.2) is 11.5 Å². The van der Waals surface area contributed by atoms with E-state index in [0.717, 1.165) is 36.6 Å². The Labute approximate surface area is 135 Å². The van der Waals surface area contributed by atoms with Gasteiger partial charge in [0.2, 0.25) is 0 Å². The van der Waals surface area contributed by atoms with Crippen molar-refractivity contribution in [1.29, 1.82) is 0 Å². The highest BCUT2D eigenvalue weighted by molar-refractivity contribution is 5.80. The highest BCUT2D eigenvalue weighted by Gasteiger charge is 2.51. The molecule has 6 nitrogen and oxygen atoms in total. The fourth-order valence-electron chi connectivity index (χ4n) is 5.63. The summed E-state index contributed by atoms with van der Waals surface area (Å²) in [6.45, 7) is 1.50. The predicted octanol–water partition coefficient (Wildman–Crippen LogP) is 2.39. The Morgan fingerprint density at radius 3 is 2.48 bits per heavy atom. The molecule has 2 aromatic heterocycles. The van der Waals surface area contributed by atoms with E-state index in [-0.39, 0.29) is 5.60 Å². The maximum absolute atomic E-state index is 6.47. The Balaban J connectivity index is 1.29. The molecule has 4 aliphatic rings. The lowest BCUT2D eigenvalue weighted by Gasteiger charge is -2.56. The van der Waals surface area contributed by atoms with Gasteiger partial charge >= 0.3 is 0 Å². The van der Waals surface area contributed by atoms with Crippen LogP contribution >= 0.6 is 0 Å². The zero-order chi connectivity index (χ0) is 15.4. The van der Waals surface area contributed by atoms with E-state index in [1.54, 1.807) is 6.33 Å². The van der Waals surface area contributed by atoms with Gasteiger partial charge in [0.05, 0.1) is 18.5 Å². The van der Waals surface area contributed by atoms with Crippen LogP contribution in [0.4, 0.5) is 5.82 Å². The van der Waals surface area contributed by atoms with Crippen LogP contribution in [0.2, 0.25) is 0 Å². The minimum Gasteiger partial charge on any atom is -0.382 e. The molecule has 0 spiro atoms. The Morgan fingerprint density at radius 1 is 1.09 bits per heavy atom. The van der Waals surface area contributed by atoms with Crippen LogP contribution in [-0.2, 0) is 11.3 Å². The summed E-state index contributed by atoms with van der Waals surface area (Å²) in [5, 5.41) is 0. The molecule has 2 N–H and O–H groups in total. The highest BCUT2D eigenvalue weighted by atomic mass is 16.5. The second-order valence-corrected chi connectivity index (χ2v) is 7.82. The first-order chi connectivity index (χ1) is 11.2. The standard InChI is InChI=1S/C17H23N5O/c18-15-14-16(20-9-19-15)22(10-21-14)1-2-23-17-6-11-3-12(7-17)5-13(4-11)8-17/h9-13H,1-8H2,(H2,18,19,20). The van der Waals surface area contributed by atoms with Crippen molar-refractivity contribution in [3.63, 3.8) is 0 Å². The lowest BCUT2D eigenvalue weighted by molar-refractivity contribution is -0.163. The zero-order valence-electron chi connectivity index (χ0n) is 13.3. The Kier molecular flexibility index (Phi) is 2.92. The van der Waals surface area contributed by atoms with E-state index in [4.69, 9.17) is 10.5 Å². The number of anilines is 1. The van der Waals surface area contributed by atoms with Gasteiger partial charge in [-0.2, -0.15) is 0 Å². The third-order valence-corrected chi connectivity index (χ3v) is 6.15. The van der Waals surface area contributed by atoms with Crippen molar-refractivity contribution in [2.45, 2.75) is 50.7 Å². The van der Waals surface area contributed by atoms with Gasteiger partial charge in [-0.25, -0.2) is 15.0 Å². The summed E-state index contributed by atoms with van der Waals surface area (Å²) in [7, 11) is 0. The van der Waals surface area contributed by atoms with Crippen LogP contribution in [0.3, 0.4) is 0 Å². The molecule has 6 rings (SSSR count). The average Bonchev–Trinajstić information content (AvgIpc) is 2.90. The fraction of sp³-hybridized carbons (Fsp3) is 0.706. The smallest absolute Gasteiger partial charge is 0.165 e. The molecule has 23 heavy (non-hydrogen) atoms. The van der Waals surface area contributed by atoms with Gasteiger partial charge in [-0.15, -0.1) is 0 Å². The molecule has 4 fully saturated rings. The molecule has 0 amide bonds. The van der Waals surface area contributed by atoms with Gasteiger partial charge < -0.3 is 15.0 Å². The first-order valence-corrected chi connectivity index (χ1v) is 8.76. The van der Waals surface area contributed by atoms with Crippen LogP contribution in [-0.4, -0.2) is 31.7 Å². The molecule has 6 heteroatoms. The van der Waals surface area contributed by atoms with Crippen LogP contribution in [0.1, 0.15) is 38.5 Å². The summed E-state index contributed by atoms with van der Waals surface area (Å²) >= 11 is 0. The van der Waals surface area contributed by atoms with Crippen LogP contribution in [0.25, 0.3) is 11.2 Å². The number of ether oxygens (including phenoxy) is 1. The lowest BCUT2D eigenvalue weighted by Crippen LogP contribution is -2.52. The maximum atomic E-state index is 6.47. The summed E-state index contributed by atoms with van der Waals surface area (Å²) in [5.41, 5.74) is 7.49. The third kappa shape index (κ3) is 2.23. The van der Waals surface area contributed by atoms with E-state index in [0.29, 0.717) is 11.3 Å². The molecule has 0 radical (unpaired) electrons. The molecule has 0 aromatic carbocycles. The van der Waals surface area contributed by atoms with Gasteiger partial charge in [-0.3, -0.25) is 0 Å². The van der Waals surface area contributed by atoms with Crippen molar-refractivity contribution in [1.82, 2.24) is 19.5 Å². The van der Waals surface area contributed by atoms with Gasteiger partial charge in [0.25, 0.3) is 0 Å². The van der Waals surface area contributed by atoms with E-state index in [9.17, 15) is 0 Å². The number of imidazole rings is 1. The van der Waals surface area contributed by atoms with Crippen molar-refractivity contribution >= 4 is 17.0 Å². The predicted molar refractivity (Wildman–Crippen MR) is 86.6 cm³/mol. The maximum Gasteiger partial charge on any atom is 0.165 e.